The van der Waals surface area contributed by atoms with Gasteiger partial charge in [0.2, 0.25) is 0 Å². The normalized spacial score (nSPS) is 12.3. The van der Waals surface area contributed by atoms with Gasteiger partial charge in [-0.05, 0) is 38.0 Å². The smallest absolute Gasteiger partial charge is 0.265 e. The summed E-state index contributed by atoms with van der Waals surface area (Å²) in [6, 6.07) is 3.14. The van der Waals surface area contributed by atoms with Crippen molar-refractivity contribution in [3.05, 3.63) is 23.3 Å². The summed E-state index contributed by atoms with van der Waals surface area (Å²) in [5.74, 6) is 1.90. The maximum Gasteiger partial charge on any atom is 0.265 e. The highest BCUT2D eigenvalue weighted by atomic mass is 35.7. The van der Waals surface area contributed by atoms with Gasteiger partial charge < -0.3 is 10.1 Å². The minimum atomic E-state index is -3.98. The Balaban J connectivity index is 3.14. The van der Waals surface area contributed by atoms with Crippen molar-refractivity contribution in [1.29, 1.82) is 0 Å². The molecule has 0 fully saturated rings. The number of hydrogen-bond acceptors (Lipinski definition) is 4. The Morgan fingerprint density at radius 3 is 2.62 bits per heavy atom. The average Bonchev–Trinajstić information content (AvgIpc) is 2.37. The number of amides is 1. The van der Waals surface area contributed by atoms with Gasteiger partial charge in [-0.15, -0.1) is 6.42 Å². The van der Waals surface area contributed by atoms with Crippen LogP contribution in [0.15, 0.2) is 17.0 Å². The topological polar surface area (TPSA) is 72.5 Å². The minimum Gasteiger partial charge on any atom is -0.479 e. The lowest BCUT2D eigenvalue weighted by molar-refractivity contribution is -0.127. The number of nitrogens with one attached hydrogen (secondary N) is 1. The van der Waals surface area contributed by atoms with E-state index in [0.29, 0.717) is 5.56 Å². The van der Waals surface area contributed by atoms with Crippen molar-refractivity contribution in [2.75, 3.05) is 6.54 Å². The van der Waals surface area contributed by atoms with Gasteiger partial charge in [0.25, 0.3) is 15.0 Å². The van der Waals surface area contributed by atoms with E-state index < -0.39 is 21.1 Å². The molecule has 114 valence electrons. The van der Waals surface area contributed by atoms with Crippen molar-refractivity contribution in [3.63, 3.8) is 0 Å². The number of carbonyl (C=O) groups excluding carboxylic acids is 1. The van der Waals surface area contributed by atoms with Crippen molar-refractivity contribution < 1.29 is 17.9 Å². The second-order valence-electron chi connectivity index (χ2n) is 4.53. The molecule has 0 aliphatic rings. The Bertz CT molecular complexity index is 692. The lowest BCUT2D eigenvalue weighted by Gasteiger charge is -2.18. The van der Waals surface area contributed by atoms with E-state index in [1.807, 2.05) is 0 Å². The van der Waals surface area contributed by atoms with E-state index in [1.54, 1.807) is 19.9 Å². The van der Waals surface area contributed by atoms with Crippen LogP contribution < -0.4 is 10.1 Å². The molecule has 5 nitrogen and oxygen atoms in total. The van der Waals surface area contributed by atoms with E-state index in [4.69, 9.17) is 21.8 Å². The van der Waals surface area contributed by atoms with Crippen LogP contribution in [0.5, 0.6) is 5.75 Å². The van der Waals surface area contributed by atoms with Gasteiger partial charge in [-0.3, -0.25) is 4.79 Å². The summed E-state index contributed by atoms with van der Waals surface area (Å²) >= 11 is 0. The lowest BCUT2D eigenvalue weighted by Crippen LogP contribution is -2.36. The number of rotatable bonds is 5. The average molecular weight is 330 g/mol. The molecule has 1 aromatic carbocycles. The quantitative estimate of drug-likeness (QED) is 0.660. The summed E-state index contributed by atoms with van der Waals surface area (Å²) in [5.41, 5.74) is 1.30. The zero-order chi connectivity index (χ0) is 16.2. The van der Waals surface area contributed by atoms with Gasteiger partial charge in [-0.2, -0.15) is 0 Å². The largest absolute Gasteiger partial charge is 0.479 e. The monoisotopic (exact) mass is 329 g/mol. The maximum atomic E-state index is 11.7. The molecule has 0 aliphatic heterocycles. The number of hydrogen-bond donors (Lipinski definition) is 1. The molecular formula is C14H16ClNO4S. The standard InChI is InChI=1S/C14H16ClNO4S/c1-5-6-16-14(17)11(4)20-13-10(3)7-9(2)8-12(13)21(15,18)19/h1,7-8,11H,6H2,2-4H3,(H,16,17). The molecule has 1 aromatic rings. The molecule has 0 saturated heterocycles. The molecule has 7 heteroatoms. The van der Waals surface area contributed by atoms with Gasteiger partial charge in [-0.1, -0.05) is 12.0 Å². The van der Waals surface area contributed by atoms with Crippen molar-refractivity contribution >= 4 is 25.6 Å². The van der Waals surface area contributed by atoms with E-state index in [-0.39, 0.29) is 17.2 Å². The Labute approximate surface area is 129 Å². The van der Waals surface area contributed by atoms with Gasteiger partial charge in [0, 0.05) is 10.7 Å². The van der Waals surface area contributed by atoms with Crippen molar-refractivity contribution in [3.8, 4) is 18.1 Å². The lowest BCUT2D eigenvalue weighted by atomic mass is 10.1. The Morgan fingerprint density at radius 1 is 1.48 bits per heavy atom. The minimum absolute atomic E-state index is 0.0685. The molecule has 0 aliphatic carbocycles. The SMILES string of the molecule is C#CCNC(=O)C(C)Oc1c(C)cc(C)cc1S(=O)(=O)Cl. The third-order valence-electron chi connectivity index (χ3n) is 2.68. The molecule has 1 rings (SSSR count). The van der Waals surface area contributed by atoms with Crippen LogP contribution in [0.3, 0.4) is 0 Å². The summed E-state index contributed by atoms with van der Waals surface area (Å²) < 4.78 is 28.8. The first-order valence-corrected chi connectivity index (χ1v) is 8.41. The Morgan fingerprint density at radius 2 is 2.10 bits per heavy atom. The van der Waals surface area contributed by atoms with E-state index in [2.05, 4.69) is 11.2 Å². The first kappa shape index (κ1) is 17.3. The number of carbonyl (C=O) groups is 1. The zero-order valence-corrected chi connectivity index (χ0v) is 13.5. The molecule has 1 unspecified atom stereocenters. The first-order chi connectivity index (χ1) is 9.66. The predicted octanol–water partition coefficient (Wildman–Crippen LogP) is 1.75. The number of aryl methyl sites for hydroxylation is 2. The Hall–Kier alpha value is -1.71. The van der Waals surface area contributed by atoms with Crippen LogP contribution in [-0.4, -0.2) is 27.0 Å². The van der Waals surface area contributed by atoms with Gasteiger partial charge >= 0.3 is 0 Å². The van der Waals surface area contributed by atoms with Gasteiger partial charge in [0.05, 0.1) is 6.54 Å². The summed E-state index contributed by atoms with van der Waals surface area (Å²) in [5, 5.41) is 2.46. The van der Waals surface area contributed by atoms with Crippen molar-refractivity contribution in [2.45, 2.75) is 31.8 Å². The molecule has 0 bridgehead atoms. The second kappa shape index (κ2) is 6.83. The maximum absolute atomic E-state index is 11.7. The second-order valence-corrected chi connectivity index (χ2v) is 7.06. The molecular weight excluding hydrogens is 314 g/mol. The fourth-order valence-corrected chi connectivity index (χ4v) is 2.86. The summed E-state index contributed by atoms with van der Waals surface area (Å²) in [4.78, 5) is 11.6. The van der Waals surface area contributed by atoms with Crippen LogP contribution in [-0.2, 0) is 13.8 Å². The molecule has 0 spiro atoms. The fraction of sp³-hybridized carbons (Fsp3) is 0.357. The molecule has 0 saturated carbocycles. The first-order valence-electron chi connectivity index (χ1n) is 6.10. The van der Waals surface area contributed by atoms with Crippen LogP contribution in [0, 0.1) is 26.2 Å². The highest BCUT2D eigenvalue weighted by Gasteiger charge is 2.23. The number of ether oxygens (including phenoxy) is 1. The van der Waals surface area contributed by atoms with Crippen LogP contribution in [0.4, 0.5) is 0 Å². The van der Waals surface area contributed by atoms with Crippen molar-refractivity contribution in [1.82, 2.24) is 5.32 Å². The van der Waals surface area contributed by atoms with E-state index in [0.717, 1.165) is 5.56 Å². The van der Waals surface area contributed by atoms with Gasteiger partial charge in [0.1, 0.15) is 10.6 Å². The summed E-state index contributed by atoms with van der Waals surface area (Å²) in [7, 11) is 1.44. The van der Waals surface area contributed by atoms with Crippen LogP contribution in [0.25, 0.3) is 0 Å². The summed E-state index contributed by atoms with van der Waals surface area (Å²) in [6.07, 6.45) is 4.14. The van der Waals surface area contributed by atoms with Gasteiger partial charge in [-0.25, -0.2) is 8.42 Å². The van der Waals surface area contributed by atoms with Crippen LogP contribution in [0.2, 0.25) is 0 Å². The fourth-order valence-electron chi connectivity index (χ4n) is 1.76. The predicted molar refractivity (Wildman–Crippen MR) is 80.9 cm³/mol. The number of benzene rings is 1. The zero-order valence-electron chi connectivity index (χ0n) is 11.9. The molecule has 0 radical (unpaired) electrons. The third kappa shape index (κ3) is 4.66. The number of halogens is 1. The van der Waals surface area contributed by atoms with Crippen molar-refractivity contribution in [2.24, 2.45) is 0 Å². The number of terminal acetylenes is 1. The molecule has 0 aromatic heterocycles. The molecule has 1 atom stereocenters. The molecule has 1 amide bonds. The van der Waals surface area contributed by atoms with Crippen LogP contribution >= 0.6 is 10.7 Å². The molecule has 1 N–H and O–H groups in total. The molecule has 21 heavy (non-hydrogen) atoms. The highest BCUT2D eigenvalue weighted by molar-refractivity contribution is 8.13. The van der Waals surface area contributed by atoms with Crippen LogP contribution in [0.1, 0.15) is 18.1 Å². The molecule has 0 heterocycles. The van der Waals surface area contributed by atoms with Gasteiger partial charge in [0.15, 0.2) is 6.10 Å². The highest BCUT2D eigenvalue weighted by Crippen LogP contribution is 2.32. The third-order valence-corrected chi connectivity index (χ3v) is 4.00. The Kier molecular flexibility index (Phi) is 5.64. The summed E-state index contributed by atoms with van der Waals surface area (Å²) in [6.45, 7) is 4.99. The van der Waals surface area contributed by atoms with E-state index in [9.17, 15) is 13.2 Å². The van der Waals surface area contributed by atoms with E-state index >= 15 is 0 Å². The van der Waals surface area contributed by atoms with E-state index in [1.165, 1.54) is 13.0 Å².